The highest BCUT2D eigenvalue weighted by atomic mass is 35.5. The Bertz CT molecular complexity index is 1370. The van der Waals surface area contributed by atoms with E-state index in [2.05, 4.69) is 59.9 Å². The fourth-order valence-electron chi connectivity index (χ4n) is 4.94. The molecule has 5 rings (SSSR count). The molecule has 204 valence electrons. The van der Waals surface area contributed by atoms with Crippen LogP contribution in [0.3, 0.4) is 0 Å². The average Bonchev–Trinajstić information content (AvgIpc) is 2.98. The topological polar surface area (TPSA) is 66.0 Å². The molecule has 1 N–H and O–H groups in total. The minimum Gasteiger partial charge on any atom is -0.497 e. The van der Waals surface area contributed by atoms with Gasteiger partial charge >= 0.3 is 5.97 Å². The van der Waals surface area contributed by atoms with E-state index in [0.717, 1.165) is 25.1 Å². The van der Waals surface area contributed by atoms with Gasteiger partial charge in [0.1, 0.15) is 18.1 Å². The third-order valence-electron chi connectivity index (χ3n) is 7.07. The molecule has 0 radical (unpaired) electrons. The number of fused-ring (bicyclic) bond motifs is 1. The van der Waals surface area contributed by atoms with Gasteiger partial charge in [-0.05, 0) is 58.6 Å². The first-order chi connectivity index (χ1) is 18.6. The lowest BCUT2D eigenvalue weighted by Gasteiger charge is -2.32. The summed E-state index contributed by atoms with van der Waals surface area (Å²) < 4.78 is 22.5. The van der Waals surface area contributed by atoms with E-state index in [4.69, 9.17) is 18.9 Å². The highest BCUT2D eigenvalue weighted by molar-refractivity contribution is 5.90. The number of esters is 1. The van der Waals surface area contributed by atoms with E-state index in [1.807, 2.05) is 12.1 Å². The zero-order chi connectivity index (χ0) is 26.3. The summed E-state index contributed by atoms with van der Waals surface area (Å²) in [7, 11) is 3.10. The molecule has 2 unspecified atom stereocenters. The van der Waals surface area contributed by atoms with Gasteiger partial charge in [0.25, 0.3) is 0 Å². The van der Waals surface area contributed by atoms with Gasteiger partial charge in [0.2, 0.25) is 0 Å². The van der Waals surface area contributed by atoms with Crippen molar-refractivity contribution < 1.29 is 23.7 Å². The van der Waals surface area contributed by atoms with Gasteiger partial charge in [0, 0.05) is 18.5 Å². The van der Waals surface area contributed by atoms with Crippen LogP contribution in [0.5, 0.6) is 11.5 Å². The molecule has 1 saturated heterocycles. The second kappa shape index (κ2) is 13.5. The highest BCUT2D eigenvalue weighted by Crippen LogP contribution is 2.29. The van der Waals surface area contributed by atoms with E-state index in [0.29, 0.717) is 29.6 Å². The Hall–Kier alpha value is -3.58. The van der Waals surface area contributed by atoms with Crippen molar-refractivity contribution in [2.75, 3.05) is 27.3 Å². The van der Waals surface area contributed by atoms with Crippen LogP contribution < -0.4 is 14.8 Å². The molecule has 0 saturated carbocycles. The second-order valence-corrected chi connectivity index (χ2v) is 9.55. The largest absolute Gasteiger partial charge is 0.497 e. The maximum Gasteiger partial charge on any atom is 0.338 e. The molecular formula is C32H34ClNO5. The van der Waals surface area contributed by atoms with Gasteiger partial charge in [0.05, 0.1) is 32.5 Å². The van der Waals surface area contributed by atoms with Crippen LogP contribution in [0.25, 0.3) is 10.8 Å². The molecule has 39 heavy (non-hydrogen) atoms. The molecule has 2 atom stereocenters. The summed E-state index contributed by atoms with van der Waals surface area (Å²) in [5.74, 6) is 0.962. The number of halogens is 1. The number of carbonyl (C=O) groups excluding carboxylic acids is 1. The van der Waals surface area contributed by atoms with Crippen LogP contribution in [0.1, 0.15) is 39.4 Å². The highest BCUT2D eigenvalue weighted by Gasteiger charge is 2.27. The minimum absolute atomic E-state index is 0. The molecule has 0 aromatic heterocycles. The Morgan fingerprint density at radius 3 is 2.23 bits per heavy atom. The average molecular weight is 548 g/mol. The number of benzene rings is 4. The third kappa shape index (κ3) is 7.09. The summed E-state index contributed by atoms with van der Waals surface area (Å²) in [5, 5.41) is 5.94. The Kier molecular flexibility index (Phi) is 9.82. The fraction of sp³-hybridized carbons (Fsp3) is 0.281. The van der Waals surface area contributed by atoms with E-state index in [1.54, 1.807) is 32.4 Å². The Morgan fingerprint density at radius 2 is 1.51 bits per heavy atom. The van der Waals surface area contributed by atoms with Crippen LogP contribution >= 0.6 is 12.4 Å². The van der Waals surface area contributed by atoms with Crippen molar-refractivity contribution in [3.05, 3.63) is 107 Å². The normalized spacial score (nSPS) is 16.8. The smallest absolute Gasteiger partial charge is 0.338 e. The Morgan fingerprint density at radius 1 is 0.821 bits per heavy atom. The van der Waals surface area contributed by atoms with E-state index < -0.39 is 5.97 Å². The molecule has 0 bridgehead atoms. The Labute approximate surface area is 235 Å². The van der Waals surface area contributed by atoms with Crippen molar-refractivity contribution in [3.8, 4) is 11.5 Å². The lowest BCUT2D eigenvalue weighted by molar-refractivity contribution is 0.0106. The van der Waals surface area contributed by atoms with Crippen LogP contribution in [-0.2, 0) is 22.7 Å². The zero-order valence-corrected chi connectivity index (χ0v) is 23.0. The summed E-state index contributed by atoms with van der Waals surface area (Å²) >= 11 is 0. The fourth-order valence-corrected chi connectivity index (χ4v) is 4.94. The quantitative estimate of drug-likeness (QED) is 0.248. The summed E-state index contributed by atoms with van der Waals surface area (Å²) in [4.78, 5) is 12.6. The van der Waals surface area contributed by atoms with Crippen LogP contribution in [-0.4, -0.2) is 39.4 Å². The predicted molar refractivity (Wildman–Crippen MR) is 155 cm³/mol. The predicted octanol–water partition coefficient (Wildman–Crippen LogP) is 6.30. The number of carbonyl (C=O) groups is 1. The van der Waals surface area contributed by atoms with Crippen molar-refractivity contribution >= 4 is 29.1 Å². The molecule has 1 fully saturated rings. The van der Waals surface area contributed by atoms with Gasteiger partial charge in [-0.1, -0.05) is 60.7 Å². The number of rotatable bonds is 9. The summed E-state index contributed by atoms with van der Waals surface area (Å²) in [6.07, 6.45) is 1.09. The van der Waals surface area contributed by atoms with Gasteiger partial charge in [-0.15, -0.1) is 12.4 Å². The first-order valence-corrected chi connectivity index (χ1v) is 12.9. The van der Waals surface area contributed by atoms with Crippen LogP contribution in [0.4, 0.5) is 0 Å². The van der Waals surface area contributed by atoms with Crippen molar-refractivity contribution in [3.63, 3.8) is 0 Å². The number of hydrogen-bond acceptors (Lipinski definition) is 6. The first kappa shape index (κ1) is 28.4. The SMILES string of the molecule is COc1cc(OC)cc(C(=O)OCc2ccc(C3CCNCC3OCc3ccc4ccccc4c3)cc2)c1.Cl. The van der Waals surface area contributed by atoms with Gasteiger partial charge in [-0.3, -0.25) is 0 Å². The van der Waals surface area contributed by atoms with Gasteiger partial charge < -0.3 is 24.3 Å². The lowest BCUT2D eigenvalue weighted by Crippen LogP contribution is -2.40. The third-order valence-corrected chi connectivity index (χ3v) is 7.07. The monoisotopic (exact) mass is 547 g/mol. The molecule has 1 aliphatic rings. The number of piperidine rings is 1. The van der Waals surface area contributed by atoms with Crippen LogP contribution in [0, 0.1) is 0 Å². The second-order valence-electron chi connectivity index (χ2n) is 9.55. The van der Waals surface area contributed by atoms with E-state index >= 15 is 0 Å². The van der Waals surface area contributed by atoms with Crippen LogP contribution in [0.2, 0.25) is 0 Å². The van der Waals surface area contributed by atoms with E-state index in [9.17, 15) is 4.79 Å². The number of hydrogen-bond donors (Lipinski definition) is 1. The van der Waals surface area contributed by atoms with Gasteiger partial charge in [-0.25, -0.2) is 4.79 Å². The van der Waals surface area contributed by atoms with Crippen molar-refractivity contribution in [1.82, 2.24) is 5.32 Å². The summed E-state index contributed by atoms with van der Waals surface area (Å²) in [5.41, 5.74) is 3.74. The molecule has 0 spiro atoms. The van der Waals surface area contributed by atoms with Gasteiger partial charge in [-0.2, -0.15) is 0 Å². The maximum atomic E-state index is 12.6. The van der Waals surface area contributed by atoms with Crippen LogP contribution in [0.15, 0.2) is 84.9 Å². The first-order valence-electron chi connectivity index (χ1n) is 12.9. The van der Waals surface area contributed by atoms with Crippen molar-refractivity contribution in [1.29, 1.82) is 0 Å². The van der Waals surface area contributed by atoms with E-state index in [-0.39, 0.29) is 25.1 Å². The molecule has 1 heterocycles. The molecule has 4 aromatic carbocycles. The number of ether oxygens (including phenoxy) is 4. The molecule has 1 aliphatic heterocycles. The Balaban J connectivity index is 0.00000353. The standard InChI is InChI=1S/C32H33NO5.ClH/c1-35-28-16-27(17-29(18-28)36-2)32(34)38-20-22-7-11-25(12-8-22)30-13-14-33-19-31(30)37-21-23-9-10-24-5-3-4-6-26(24)15-23;/h3-12,15-18,30-31,33H,13-14,19-21H2,1-2H3;1H. The molecule has 0 amide bonds. The molecule has 7 heteroatoms. The minimum atomic E-state index is -0.424. The summed E-state index contributed by atoms with van der Waals surface area (Å²) in [6.45, 7) is 2.55. The summed E-state index contributed by atoms with van der Waals surface area (Å²) in [6, 6.07) is 28.2. The molecular weight excluding hydrogens is 514 g/mol. The molecule has 4 aromatic rings. The lowest BCUT2D eigenvalue weighted by atomic mass is 9.87. The van der Waals surface area contributed by atoms with E-state index in [1.165, 1.54) is 21.9 Å². The zero-order valence-electron chi connectivity index (χ0n) is 22.2. The maximum absolute atomic E-state index is 12.6. The van der Waals surface area contributed by atoms with Crippen molar-refractivity contribution in [2.24, 2.45) is 0 Å². The van der Waals surface area contributed by atoms with Crippen molar-refractivity contribution in [2.45, 2.75) is 31.7 Å². The molecule has 6 nitrogen and oxygen atoms in total. The van der Waals surface area contributed by atoms with Gasteiger partial charge in [0.15, 0.2) is 0 Å². The molecule has 0 aliphatic carbocycles. The number of nitrogens with one attached hydrogen (secondary N) is 1. The number of methoxy groups -OCH3 is 2.